The van der Waals surface area contributed by atoms with Crippen LogP contribution < -0.4 is 10.2 Å². The highest BCUT2D eigenvalue weighted by Crippen LogP contribution is 2.24. The van der Waals surface area contributed by atoms with Crippen molar-refractivity contribution in [3.63, 3.8) is 0 Å². The third-order valence-corrected chi connectivity index (χ3v) is 5.75. The minimum Gasteiger partial charge on any atom is -0.363 e. The number of anilines is 1. The van der Waals surface area contributed by atoms with Crippen LogP contribution in [0.25, 0.3) is 0 Å². The quantitative estimate of drug-likeness (QED) is 0.850. The van der Waals surface area contributed by atoms with Crippen LogP contribution in [0.3, 0.4) is 0 Å². The van der Waals surface area contributed by atoms with E-state index in [-0.39, 0.29) is 11.8 Å². The molecule has 1 saturated heterocycles. The molecule has 0 bridgehead atoms. The van der Waals surface area contributed by atoms with Gasteiger partial charge in [-0.2, -0.15) is 5.10 Å². The minimum absolute atomic E-state index is 0.0628. The number of nitrogens with zero attached hydrogens (tertiary/aromatic N) is 3. The zero-order valence-corrected chi connectivity index (χ0v) is 15.1. The molecule has 22 heavy (non-hydrogen) atoms. The van der Waals surface area contributed by atoms with Crippen LogP contribution in [0, 0.1) is 12.8 Å². The van der Waals surface area contributed by atoms with E-state index in [4.69, 9.17) is 0 Å². The lowest BCUT2D eigenvalue weighted by molar-refractivity contribution is 0.481. The molecular formula is C15H28N4O2S. The first-order chi connectivity index (χ1) is 10.2. The van der Waals surface area contributed by atoms with E-state index in [2.05, 4.69) is 33.8 Å². The molecule has 1 aliphatic heterocycles. The molecule has 0 aromatic carbocycles. The molecule has 126 valence electrons. The van der Waals surface area contributed by atoms with Gasteiger partial charge in [0, 0.05) is 38.8 Å². The third kappa shape index (κ3) is 4.01. The Kier molecular flexibility index (Phi) is 5.17. The molecule has 0 aliphatic carbocycles. The Morgan fingerprint density at radius 2 is 2.09 bits per heavy atom. The van der Waals surface area contributed by atoms with Crippen LogP contribution in [0.15, 0.2) is 0 Å². The van der Waals surface area contributed by atoms with Crippen molar-refractivity contribution in [3.05, 3.63) is 11.3 Å². The number of rotatable bonds is 6. The highest BCUT2D eigenvalue weighted by Gasteiger charge is 2.28. The molecule has 1 aromatic heterocycles. The van der Waals surface area contributed by atoms with Gasteiger partial charge < -0.3 is 10.2 Å². The standard InChI is InChI=1S/C15H28N4O2S/c1-11(2)9-19-15(18(4)5)14(12(3)17-19)8-16-13-6-7-22(20,21)10-13/h11,13,16H,6-10H2,1-5H3. The highest BCUT2D eigenvalue weighted by atomic mass is 32.2. The van der Waals surface area contributed by atoms with Gasteiger partial charge >= 0.3 is 0 Å². The van der Waals surface area contributed by atoms with Crippen LogP contribution in [0.1, 0.15) is 31.5 Å². The second-order valence-electron chi connectivity index (χ2n) is 6.84. The number of aryl methyl sites for hydroxylation is 1. The fourth-order valence-electron chi connectivity index (χ4n) is 2.99. The van der Waals surface area contributed by atoms with Gasteiger partial charge in [0.2, 0.25) is 0 Å². The van der Waals surface area contributed by atoms with Gasteiger partial charge in [-0.15, -0.1) is 0 Å². The summed E-state index contributed by atoms with van der Waals surface area (Å²) in [6, 6.07) is 0.0628. The number of sulfone groups is 1. The summed E-state index contributed by atoms with van der Waals surface area (Å²) < 4.78 is 25.2. The van der Waals surface area contributed by atoms with Crippen LogP contribution in [-0.4, -0.2) is 49.8 Å². The Morgan fingerprint density at radius 3 is 2.59 bits per heavy atom. The highest BCUT2D eigenvalue weighted by molar-refractivity contribution is 7.91. The SMILES string of the molecule is Cc1nn(CC(C)C)c(N(C)C)c1CNC1CCS(=O)(=O)C1. The van der Waals surface area contributed by atoms with Crippen molar-refractivity contribution in [2.45, 2.75) is 46.3 Å². The van der Waals surface area contributed by atoms with Gasteiger partial charge in [-0.3, -0.25) is 0 Å². The van der Waals surface area contributed by atoms with E-state index < -0.39 is 9.84 Å². The number of hydrogen-bond acceptors (Lipinski definition) is 5. The molecule has 1 unspecified atom stereocenters. The summed E-state index contributed by atoms with van der Waals surface area (Å²) in [6.45, 7) is 7.92. The first-order valence-corrected chi connectivity index (χ1v) is 9.69. The lowest BCUT2D eigenvalue weighted by Crippen LogP contribution is -2.30. The normalized spacial score (nSPS) is 20.7. The maximum atomic E-state index is 11.6. The van der Waals surface area contributed by atoms with Crippen LogP contribution in [0.5, 0.6) is 0 Å². The van der Waals surface area contributed by atoms with Crippen LogP contribution in [0.4, 0.5) is 5.82 Å². The van der Waals surface area contributed by atoms with E-state index in [9.17, 15) is 8.42 Å². The molecule has 1 aromatic rings. The van der Waals surface area contributed by atoms with Gasteiger partial charge in [0.25, 0.3) is 0 Å². The zero-order chi connectivity index (χ0) is 16.5. The van der Waals surface area contributed by atoms with E-state index in [1.165, 1.54) is 0 Å². The van der Waals surface area contributed by atoms with Gasteiger partial charge in [-0.25, -0.2) is 13.1 Å². The molecule has 6 nitrogen and oxygen atoms in total. The fraction of sp³-hybridized carbons (Fsp3) is 0.800. The summed E-state index contributed by atoms with van der Waals surface area (Å²) in [7, 11) is 1.21. The molecule has 0 radical (unpaired) electrons. The van der Waals surface area contributed by atoms with Crippen LogP contribution in [-0.2, 0) is 22.9 Å². The average molecular weight is 328 g/mol. The third-order valence-electron chi connectivity index (χ3n) is 3.98. The number of aromatic nitrogens is 2. The van der Waals surface area contributed by atoms with Gasteiger partial charge in [0.05, 0.1) is 17.2 Å². The smallest absolute Gasteiger partial charge is 0.151 e. The van der Waals surface area contributed by atoms with Crippen molar-refractivity contribution in [2.24, 2.45) is 5.92 Å². The zero-order valence-electron chi connectivity index (χ0n) is 14.3. The summed E-state index contributed by atoms with van der Waals surface area (Å²) >= 11 is 0. The largest absolute Gasteiger partial charge is 0.363 e. The topological polar surface area (TPSA) is 67.2 Å². The average Bonchev–Trinajstić information content (AvgIpc) is 2.86. The van der Waals surface area contributed by atoms with Gasteiger partial charge in [0.1, 0.15) is 5.82 Å². The molecule has 1 N–H and O–H groups in total. The molecule has 2 rings (SSSR count). The summed E-state index contributed by atoms with van der Waals surface area (Å²) in [5, 5.41) is 8.06. The maximum Gasteiger partial charge on any atom is 0.151 e. The second kappa shape index (κ2) is 6.58. The maximum absolute atomic E-state index is 11.6. The molecule has 7 heteroatoms. The minimum atomic E-state index is -2.84. The Labute approximate surface area is 133 Å². The molecule has 1 fully saturated rings. The van der Waals surface area contributed by atoms with Crippen molar-refractivity contribution < 1.29 is 8.42 Å². The van der Waals surface area contributed by atoms with E-state index >= 15 is 0 Å². The van der Waals surface area contributed by atoms with Crippen molar-refractivity contribution >= 4 is 15.7 Å². The van der Waals surface area contributed by atoms with Crippen LogP contribution in [0.2, 0.25) is 0 Å². The Hall–Kier alpha value is -1.08. The monoisotopic (exact) mass is 328 g/mol. The van der Waals surface area contributed by atoms with Gasteiger partial charge in [-0.1, -0.05) is 13.8 Å². The van der Waals surface area contributed by atoms with Crippen molar-refractivity contribution in [2.75, 3.05) is 30.5 Å². The first kappa shape index (κ1) is 17.3. The van der Waals surface area contributed by atoms with E-state index in [1.807, 2.05) is 21.0 Å². The van der Waals surface area contributed by atoms with Gasteiger partial charge in [-0.05, 0) is 19.3 Å². The van der Waals surface area contributed by atoms with Gasteiger partial charge in [0.15, 0.2) is 9.84 Å². The van der Waals surface area contributed by atoms with Crippen LogP contribution >= 0.6 is 0 Å². The molecule has 1 aliphatic rings. The molecular weight excluding hydrogens is 300 g/mol. The van der Waals surface area contributed by atoms with E-state index in [0.717, 1.165) is 23.6 Å². The van der Waals surface area contributed by atoms with Crippen molar-refractivity contribution in [1.82, 2.24) is 15.1 Å². The second-order valence-corrected chi connectivity index (χ2v) is 9.07. The van der Waals surface area contributed by atoms with Crippen molar-refractivity contribution in [3.8, 4) is 0 Å². The number of nitrogens with one attached hydrogen (secondary N) is 1. The summed E-state index contributed by atoms with van der Waals surface area (Å²) in [4.78, 5) is 2.09. The Morgan fingerprint density at radius 1 is 1.41 bits per heavy atom. The molecule has 0 amide bonds. The molecule has 0 saturated carbocycles. The van der Waals surface area contributed by atoms with Crippen molar-refractivity contribution in [1.29, 1.82) is 0 Å². The predicted octanol–water partition coefficient (Wildman–Crippen LogP) is 1.19. The predicted molar refractivity (Wildman–Crippen MR) is 90.0 cm³/mol. The Bertz CT molecular complexity index is 620. The fourth-order valence-corrected chi connectivity index (χ4v) is 4.70. The summed E-state index contributed by atoms with van der Waals surface area (Å²) in [6.07, 6.45) is 0.707. The molecule has 0 spiro atoms. The summed E-state index contributed by atoms with van der Waals surface area (Å²) in [5.74, 6) is 2.19. The number of hydrogen-bond donors (Lipinski definition) is 1. The lowest BCUT2D eigenvalue weighted by Gasteiger charge is -2.19. The van der Waals surface area contributed by atoms with E-state index in [0.29, 0.717) is 24.6 Å². The molecule has 2 heterocycles. The molecule has 1 atom stereocenters. The van der Waals surface area contributed by atoms with E-state index in [1.54, 1.807) is 0 Å². The Balaban J connectivity index is 2.14. The first-order valence-electron chi connectivity index (χ1n) is 7.87. The summed E-state index contributed by atoms with van der Waals surface area (Å²) in [5.41, 5.74) is 2.17. The lowest BCUT2D eigenvalue weighted by atomic mass is 10.2.